The molecule has 2 saturated heterocycles. The molecule has 2 unspecified atom stereocenters. The van der Waals surface area contributed by atoms with Crippen LogP contribution >= 0.6 is 0 Å². The smallest absolute Gasteiger partial charge is 0.407 e. The van der Waals surface area contributed by atoms with Gasteiger partial charge in [0.1, 0.15) is 6.10 Å². The molecule has 4 rings (SSSR count). The highest BCUT2D eigenvalue weighted by atomic mass is 32.2. The predicted octanol–water partition coefficient (Wildman–Crippen LogP) is 2.99. The van der Waals surface area contributed by atoms with E-state index in [1.807, 2.05) is 30.3 Å². The van der Waals surface area contributed by atoms with Crippen LogP contribution < -0.4 is 15.4 Å². The number of hydrogen-bond acceptors (Lipinski definition) is 8. The molecule has 4 N–H and O–H groups in total. The Kier molecular flexibility index (Phi) is 12.7. The molecule has 45 heavy (non-hydrogen) atoms. The van der Waals surface area contributed by atoms with E-state index in [1.54, 1.807) is 12.1 Å². The van der Waals surface area contributed by atoms with Crippen molar-refractivity contribution in [1.82, 2.24) is 20.3 Å². The van der Waals surface area contributed by atoms with Crippen molar-refractivity contribution >= 4 is 28.0 Å². The van der Waals surface area contributed by atoms with E-state index in [0.717, 1.165) is 31.5 Å². The summed E-state index contributed by atoms with van der Waals surface area (Å²) < 4.78 is 37.9. The van der Waals surface area contributed by atoms with Crippen LogP contribution in [0.1, 0.15) is 62.6 Å². The number of carboxylic acids is 1. The molecule has 13 heteroatoms. The van der Waals surface area contributed by atoms with E-state index in [1.165, 1.54) is 12.1 Å². The molecule has 2 fully saturated rings. The van der Waals surface area contributed by atoms with Gasteiger partial charge >= 0.3 is 12.1 Å². The number of ether oxygens (including phenoxy) is 2. The fraction of sp³-hybridized carbons (Fsp3) is 0.531. The minimum absolute atomic E-state index is 0.0134. The first-order chi connectivity index (χ1) is 21.6. The number of nitrogens with zero attached hydrogens (tertiary/aromatic N) is 1. The zero-order valence-corrected chi connectivity index (χ0v) is 26.5. The number of carboxylic acid groups (broad SMARTS) is 1. The quantitative estimate of drug-likeness (QED) is 0.242. The molecule has 2 aliphatic heterocycles. The average molecular weight is 645 g/mol. The number of nitrogens with one attached hydrogen (secondary N) is 3. The summed E-state index contributed by atoms with van der Waals surface area (Å²) in [6.07, 6.45) is 2.99. The van der Waals surface area contributed by atoms with Crippen LogP contribution in [0.3, 0.4) is 0 Å². The van der Waals surface area contributed by atoms with Gasteiger partial charge in [-0.3, -0.25) is 9.59 Å². The molecule has 0 bridgehead atoms. The highest BCUT2D eigenvalue weighted by Crippen LogP contribution is 2.24. The van der Waals surface area contributed by atoms with E-state index >= 15 is 0 Å². The summed E-state index contributed by atoms with van der Waals surface area (Å²) in [6, 6.07) is 15.9. The molecular formula is C32H44N4O8S. The third kappa shape index (κ3) is 11.1. The Bertz CT molecular complexity index is 1360. The Balaban J connectivity index is 1.23. The summed E-state index contributed by atoms with van der Waals surface area (Å²) in [6.45, 7) is 4.78. The number of likely N-dealkylation sites (tertiary alicyclic amines) is 1. The van der Waals surface area contributed by atoms with Crippen molar-refractivity contribution in [2.24, 2.45) is 0 Å². The number of rotatable bonds is 14. The third-order valence-corrected chi connectivity index (χ3v) is 9.74. The van der Waals surface area contributed by atoms with Crippen molar-refractivity contribution in [3.05, 3.63) is 65.7 Å². The first-order valence-corrected chi connectivity index (χ1v) is 17.0. The van der Waals surface area contributed by atoms with E-state index < -0.39 is 22.1 Å². The molecule has 2 amide bonds. The molecule has 0 aliphatic carbocycles. The fourth-order valence-corrected chi connectivity index (χ4v) is 6.72. The number of benzene rings is 2. The number of aliphatic carboxylic acids is 1. The number of carbonyl (C=O) groups excluding carboxylic acids is 2. The maximum atomic E-state index is 12.8. The second kappa shape index (κ2) is 16.7. The van der Waals surface area contributed by atoms with Crippen molar-refractivity contribution in [2.45, 2.75) is 81.0 Å². The van der Waals surface area contributed by atoms with Crippen molar-refractivity contribution in [1.29, 1.82) is 0 Å². The Morgan fingerprint density at radius 3 is 2.31 bits per heavy atom. The van der Waals surface area contributed by atoms with E-state index in [-0.39, 0.29) is 54.4 Å². The van der Waals surface area contributed by atoms with Gasteiger partial charge in [-0.1, -0.05) is 42.5 Å². The van der Waals surface area contributed by atoms with E-state index in [2.05, 4.69) is 27.2 Å². The van der Waals surface area contributed by atoms with Gasteiger partial charge in [-0.15, -0.1) is 0 Å². The zero-order chi connectivity index (χ0) is 32.2. The highest BCUT2D eigenvalue weighted by Gasteiger charge is 2.28. The molecule has 2 aliphatic rings. The van der Waals surface area contributed by atoms with E-state index in [9.17, 15) is 22.8 Å². The normalized spacial score (nSPS) is 18.1. The lowest BCUT2D eigenvalue weighted by molar-refractivity contribution is -0.136. The lowest BCUT2D eigenvalue weighted by Crippen LogP contribution is -2.48. The molecule has 246 valence electrons. The molecule has 0 spiro atoms. The number of sulfonamides is 1. The summed E-state index contributed by atoms with van der Waals surface area (Å²) in [5.41, 5.74) is 1.70. The van der Waals surface area contributed by atoms with Gasteiger partial charge in [0.05, 0.1) is 37.0 Å². The number of carbonyl (C=O) groups is 3. The molecule has 0 aromatic heterocycles. The summed E-state index contributed by atoms with van der Waals surface area (Å²) >= 11 is 0. The zero-order valence-electron chi connectivity index (χ0n) is 25.7. The van der Waals surface area contributed by atoms with Crippen molar-refractivity contribution in [2.75, 3.05) is 32.8 Å². The number of piperidine rings is 1. The molecule has 2 aromatic rings. The van der Waals surface area contributed by atoms with Crippen LogP contribution in [0.5, 0.6) is 0 Å². The van der Waals surface area contributed by atoms with Crippen LogP contribution in [-0.2, 0) is 35.5 Å². The summed E-state index contributed by atoms with van der Waals surface area (Å²) in [5.74, 6) is -1.22. The first-order valence-electron chi connectivity index (χ1n) is 15.5. The maximum Gasteiger partial charge on any atom is 0.407 e. The van der Waals surface area contributed by atoms with E-state index in [4.69, 9.17) is 14.6 Å². The third-order valence-electron chi connectivity index (χ3n) is 8.26. The van der Waals surface area contributed by atoms with Gasteiger partial charge < -0.3 is 30.1 Å². The molecule has 2 aromatic carbocycles. The molecular weight excluding hydrogens is 600 g/mol. The van der Waals surface area contributed by atoms with Crippen molar-refractivity contribution < 1.29 is 37.4 Å². The predicted molar refractivity (Wildman–Crippen MR) is 167 cm³/mol. The van der Waals surface area contributed by atoms with E-state index in [0.29, 0.717) is 38.0 Å². The Hall–Kier alpha value is -3.52. The molecule has 0 radical (unpaired) electrons. The van der Waals surface area contributed by atoms with Crippen LogP contribution in [-0.4, -0.2) is 87.4 Å². The largest absolute Gasteiger partial charge is 0.481 e. The topological polar surface area (TPSA) is 163 Å². The van der Waals surface area contributed by atoms with Crippen LogP contribution in [0.4, 0.5) is 4.79 Å². The molecule has 0 saturated carbocycles. The first kappa shape index (κ1) is 34.4. The minimum Gasteiger partial charge on any atom is -0.481 e. The maximum absolute atomic E-state index is 12.8. The summed E-state index contributed by atoms with van der Waals surface area (Å²) in [5, 5.41) is 14.9. The van der Waals surface area contributed by atoms with Gasteiger partial charge in [-0.05, 0) is 49.4 Å². The second-order valence-corrected chi connectivity index (χ2v) is 13.4. The molecule has 12 nitrogen and oxygen atoms in total. The number of hydrogen-bond donors (Lipinski definition) is 4. The van der Waals surface area contributed by atoms with Gasteiger partial charge in [0.25, 0.3) is 0 Å². The molecule has 2 heterocycles. The summed E-state index contributed by atoms with van der Waals surface area (Å²) in [4.78, 5) is 38.6. The fourth-order valence-electron chi connectivity index (χ4n) is 5.69. The molecule has 2 atom stereocenters. The lowest BCUT2D eigenvalue weighted by atomic mass is 9.96. The Morgan fingerprint density at radius 2 is 1.67 bits per heavy atom. The number of amides is 2. The van der Waals surface area contributed by atoms with Crippen molar-refractivity contribution in [3.8, 4) is 0 Å². The van der Waals surface area contributed by atoms with Crippen molar-refractivity contribution in [3.63, 3.8) is 0 Å². The SMILES string of the molecule is CC(CC(NC(=O)OC1CCOCC1)c1ccccc1)N1CCC(NC(=O)Cc2ccc(S(=O)(=O)NCCC(=O)O)cc2)CC1. The van der Waals surface area contributed by atoms with Gasteiger partial charge in [-0.25, -0.2) is 17.9 Å². The van der Waals surface area contributed by atoms with Crippen LogP contribution in [0.25, 0.3) is 0 Å². The van der Waals surface area contributed by atoms with Gasteiger partial charge in [0.15, 0.2) is 0 Å². The number of alkyl carbamates (subject to hydrolysis) is 1. The van der Waals surface area contributed by atoms with Gasteiger partial charge in [-0.2, -0.15) is 0 Å². The average Bonchev–Trinajstić information content (AvgIpc) is 3.02. The monoisotopic (exact) mass is 644 g/mol. The lowest BCUT2D eigenvalue weighted by Gasteiger charge is -2.37. The van der Waals surface area contributed by atoms with Crippen LogP contribution in [0, 0.1) is 0 Å². The standard InChI is InChI=1S/C32H44N4O8S/c1-23(21-29(25-5-3-2-4-6-25)35-32(40)44-27-14-19-43-20-15-27)36-17-12-26(13-18-36)34-30(37)22-24-7-9-28(10-8-24)45(41,42)33-16-11-31(38)39/h2-10,23,26-27,29,33H,11-22H2,1H3,(H,34,37)(H,35,40)(H,38,39). The van der Waals surface area contributed by atoms with Crippen LogP contribution in [0.2, 0.25) is 0 Å². The Morgan fingerprint density at radius 1 is 1.00 bits per heavy atom. The van der Waals surface area contributed by atoms with Gasteiger partial charge in [0.2, 0.25) is 15.9 Å². The minimum atomic E-state index is -3.82. The van der Waals surface area contributed by atoms with Crippen LogP contribution in [0.15, 0.2) is 59.5 Å². The summed E-state index contributed by atoms with van der Waals surface area (Å²) in [7, 11) is -3.82. The van der Waals surface area contributed by atoms with Gasteiger partial charge in [0, 0.05) is 44.6 Å². The second-order valence-electron chi connectivity index (χ2n) is 11.6. The highest BCUT2D eigenvalue weighted by molar-refractivity contribution is 7.89. The Labute approximate surface area is 264 Å².